The Hall–Kier alpha value is -0.400. The number of hydrogen-bond acceptors (Lipinski definition) is 7. The number of hydrogen-bond donors (Lipinski definition) is 1. The third-order valence-corrected chi connectivity index (χ3v) is 14.8. The fourth-order valence-corrected chi connectivity index (χ4v) is 11.0. The zero-order chi connectivity index (χ0) is 38.7. The number of unbranched alkanes of at least 4 members (excludes halogenated alkanes) is 16. The van der Waals surface area contributed by atoms with Crippen LogP contribution in [0.1, 0.15) is 245 Å². The Labute approximate surface area is 343 Å². The standard InChI is InChI=1S/C47H88O5S2/c1-3-5-7-9-11-13-27-37-46(49)51-42(39-53-44-33-23-17-24-34-44)31-21-15-19-29-41(48)30-20-16-22-32-43(40-54-45-35-25-18-26-36-45)52-47(50)38-28-14-12-10-8-6-4-2/h41-45,48H,3-40H2,1-2H3. The predicted octanol–water partition coefficient (Wildman–Crippen LogP) is 14.5. The van der Waals surface area contributed by atoms with Gasteiger partial charge in [0.25, 0.3) is 0 Å². The fourth-order valence-electron chi connectivity index (χ4n) is 8.25. The second kappa shape index (κ2) is 35.7. The van der Waals surface area contributed by atoms with Crippen LogP contribution in [0.3, 0.4) is 0 Å². The molecule has 2 atom stereocenters. The van der Waals surface area contributed by atoms with Crippen LogP contribution in [0.5, 0.6) is 0 Å². The molecule has 318 valence electrons. The van der Waals surface area contributed by atoms with Gasteiger partial charge in [0, 0.05) is 34.8 Å². The molecule has 5 nitrogen and oxygen atoms in total. The normalized spacial score (nSPS) is 17.3. The molecule has 0 aromatic rings. The first-order chi connectivity index (χ1) is 26.5. The van der Waals surface area contributed by atoms with E-state index in [1.54, 1.807) is 0 Å². The Bertz CT molecular complexity index is 791. The minimum absolute atomic E-state index is 0.00387. The van der Waals surface area contributed by atoms with Crippen molar-refractivity contribution in [2.24, 2.45) is 0 Å². The third-order valence-electron chi connectivity index (χ3n) is 11.8. The number of ether oxygens (including phenoxy) is 2. The molecule has 1 N–H and O–H groups in total. The van der Waals surface area contributed by atoms with Gasteiger partial charge in [0.1, 0.15) is 12.2 Å². The van der Waals surface area contributed by atoms with E-state index in [1.807, 2.05) is 23.5 Å². The van der Waals surface area contributed by atoms with Crippen molar-refractivity contribution in [3.05, 3.63) is 0 Å². The Morgan fingerprint density at radius 1 is 0.481 bits per heavy atom. The summed E-state index contributed by atoms with van der Waals surface area (Å²) in [5.41, 5.74) is 0. The number of aliphatic hydroxyl groups is 1. The van der Waals surface area contributed by atoms with E-state index < -0.39 is 0 Å². The zero-order valence-electron chi connectivity index (χ0n) is 35.7. The topological polar surface area (TPSA) is 72.8 Å². The molecule has 0 bridgehead atoms. The molecule has 0 aromatic carbocycles. The quantitative estimate of drug-likeness (QED) is 0.0500. The minimum Gasteiger partial charge on any atom is -0.461 e. The third kappa shape index (κ3) is 28.9. The van der Waals surface area contributed by atoms with Crippen molar-refractivity contribution in [2.75, 3.05) is 11.5 Å². The summed E-state index contributed by atoms with van der Waals surface area (Å²) in [5, 5.41) is 12.2. The highest BCUT2D eigenvalue weighted by Gasteiger charge is 2.21. The molecule has 7 heteroatoms. The summed E-state index contributed by atoms with van der Waals surface area (Å²) in [4.78, 5) is 25.5. The maximum Gasteiger partial charge on any atom is 0.306 e. The molecule has 54 heavy (non-hydrogen) atoms. The molecule has 0 aromatic heterocycles. The van der Waals surface area contributed by atoms with Gasteiger partial charge in [0.05, 0.1) is 6.10 Å². The van der Waals surface area contributed by atoms with Gasteiger partial charge in [-0.3, -0.25) is 9.59 Å². The van der Waals surface area contributed by atoms with Crippen molar-refractivity contribution in [1.82, 2.24) is 0 Å². The van der Waals surface area contributed by atoms with E-state index in [2.05, 4.69) is 13.8 Å². The summed E-state index contributed by atoms with van der Waals surface area (Å²) in [6, 6.07) is 0. The van der Waals surface area contributed by atoms with Crippen LogP contribution >= 0.6 is 23.5 Å². The number of aliphatic hydroxyl groups excluding tert-OH is 1. The SMILES string of the molecule is CCCCCCCCCC(=O)OC(CCCCCC(O)CCCCCC(CSC1CCCCC1)OC(=O)CCCCCCCCC)CSC1CCCCC1. The van der Waals surface area contributed by atoms with Crippen LogP contribution in [0.25, 0.3) is 0 Å². The molecule has 0 spiro atoms. The van der Waals surface area contributed by atoms with Gasteiger partial charge >= 0.3 is 11.9 Å². The molecule has 2 aliphatic carbocycles. The molecular weight excluding hydrogens is 709 g/mol. The molecule has 2 aliphatic rings. The monoisotopic (exact) mass is 797 g/mol. The van der Waals surface area contributed by atoms with Gasteiger partial charge in [-0.15, -0.1) is 0 Å². The van der Waals surface area contributed by atoms with Gasteiger partial charge in [0.15, 0.2) is 0 Å². The van der Waals surface area contributed by atoms with Gasteiger partial charge in [-0.25, -0.2) is 0 Å². The van der Waals surface area contributed by atoms with Crippen molar-refractivity contribution >= 4 is 35.5 Å². The average molecular weight is 797 g/mol. The zero-order valence-corrected chi connectivity index (χ0v) is 37.3. The minimum atomic E-state index is -0.236. The second-order valence-corrected chi connectivity index (χ2v) is 19.7. The highest BCUT2D eigenvalue weighted by atomic mass is 32.2. The Morgan fingerprint density at radius 3 is 1.20 bits per heavy atom. The van der Waals surface area contributed by atoms with E-state index in [0.29, 0.717) is 12.8 Å². The lowest BCUT2D eigenvalue weighted by atomic mass is 10.0. The van der Waals surface area contributed by atoms with E-state index in [1.165, 1.54) is 128 Å². The smallest absolute Gasteiger partial charge is 0.306 e. The summed E-state index contributed by atoms with van der Waals surface area (Å²) in [6.07, 6.45) is 41.3. The fraction of sp³-hybridized carbons (Fsp3) is 0.957. The van der Waals surface area contributed by atoms with E-state index in [9.17, 15) is 14.7 Å². The largest absolute Gasteiger partial charge is 0.461 e. The van der Waals surface area contributed by atoms with Crippen LogP contribution in [-0.2, 0) is 19.1 Å². The first-order valence-electron chi connectivity index (χ1n) is 23.8. The van der Waals surface area contributed by atoms with Gasteiger partial charge in [0.2, 0.25) is 0 Å². The van der Waals surface area contributed by atoms with Crippen LogP contribution in [0.15, 0.2) is 0 Å². The maximum absolute atomic E-state index is 12.7. The van der Waals surface area contributed by atoms with E-state index >= 15 is 0 Å². The summed E-state index contributed by atoms with van der Waals surface area (Å²) >= 11 is 4.09. The highest BCUT2D eigenvalue weighted by Crippen LogP contribution is 2.31. The Morgan fingerprint density at radius 2 is 0.815 bits per heavy atom. The second-order valence-electron chi connectivity index (χ2n) is 17.1. The number of carbonyl (C=O) groups is 2. The Balaban J connectivity index is 1.61. The summed E-state index contributed by atoms with van der Waals surface area (Å²) in [7, 11) is 0. The number of esters is 2. The van der Waals surface area contributed by atoms with Crippen molar-refractivity contribution in [2.45, 2.75) is 274 Å². The Kier molecular flexibility index (Phi) is 32.9. The molecule has 0 amide bonds. The first-order valence-corrected chi connectivity index (χ1v) is 25.9. The summed E-state index contributed by atoms with van der Waals surface area (Å²) in [5.74, 6) is 1.89. The van der Waals surface area contributed by atoms with Gasteiger partial charge < -0.3 is 14.6 Å². The van der Waals surface area contributed by atoms with Crippen molar-refractivity contribution < 1.29 is 24.2 Å². The van der Waals surface area contributed by atoms with Crippen molar-refractivity contribution in [1.29, 1.82) is 0 Å². The molecular formula is C47H88O5S2. The molecule has 2 unspecified atom stereocenters. The molecule has 0 heterocycles. The molecule has 2 saturated carbocycles. The van der Waals surface area contributed by atoms with Crippen molar-refractivity contribution in [3.8, 4) is 0 Å². The summed E-state index contributed by atoms with van der Waals surface area (Å²) in [6.45, 7) is 4.50. The van der Waals surface area contributed by atoms with Crippen LogP contribution in [0.4, 0.5) is 0 Å². The van der Waals surface area contributed by atoms with Gasteiger partial charge in [-0.2, -0.15) is 23.5 Å². The van der Waals surface area contributed by atoms with Crippen LogP contribution in [-0.4, -0.2) is 57.4 Å². The molecule has 2 fully saturated rings. The molecule has 0 aliphatic heterocycles. The van der Waals surface area contributed by atoms with Crippen LogP contribution in [0, 0.1) is 0 Å². The van der Waals surface area contributed by atoms with E-state index in [4.69, 9.17) is 9.47 Å². The molecule has 2 rings (SSSR count). The van der Waals surface area contributed by atoms with Crippen LogP contribution in [0.2, 0.25) is 0 Å². The maximum atomic E-state index is 12.7. The lowest BCUT2D eigenvalue weighted by Crippen LogP contribution is -2.23. The van der Waals surface area contributed by atoms with E-state index in [0.717, 1.165) is 112 Å². The average Bonchev–Trinajstić information content (AvgIpc) is 3.18. The van der Waals surface area contributed by atoms with Crippen LogP contribution < -0.4 is 0 Å². The summed E-state index contributed by atoms with van der Waals surface area (Å²) < 4.78 is 12.1. The van der Waals surface area contributed by atoms with Gasteiger partial charge in [-0.05, 0) is 77.0 Å². The number of rotatable bonds is 36. The lowest BCUT2D eigenvalue weighted by Gasteiger charge is -2.24. The van der Waals surface area contributed by atoms with Crippen molar-refractivity contribution in [3.63, 3.8) is 0 Å². The number of thioether (sulfide) groups is 2. The number of carbonyl (C=O) groups excluding carboxylic acids is 2. The lowest BCUT2D eigenvalue weighted by molar-refractivity contribution is -0.149. The highest BCUT2D eigenvalue weighted by molar-refractivity contribution is 8.00. The van der Waals surface area contributed by atoms with E-state index in [-0.39, 0.29) is 30.3 Å². The first kappa shape index (κ1) is 49.7. The van der Waals surface area contributed by atoms with Gasteiger partial charge in [-0.1, -0.05) is 155 Å². The predicted molar refractivity (Wildman–Crippen MR) is 236 cm³/mol. The molecule has 0 radical (unpaired) electrons. The molecule has 0 saturated heterocycles.